The standard InChI is InChI=1S/C23H19ClN4O4S/c1-31-20-12-11-15(13-21(20)32-2)22-25-26-23(27(22)16-7-4-3-5-8-16)33-14-17-18(24)9-6-10-19(17)28(29)30/h3-13H,14H2,1-2H3. The molecule has 3 aromatic carbocycles. The maximum atomic E-state index is 11.5. The van der Waals surface area contributed by atoms with Crippen LogP contribution in [0.2, 0.25) is 5.02 Å². The first-order valence-corrected chi connectivity index (χ1v) is 11.2. The van der Waals surface area contributed by atoms with Crippen molar-refractivity contribution in [2.75, 3.05) is 14.2 Å². The van der Waals surface area contributed by atoms with Gasteiger partial charge in [-0.3, -0.25) is 14.7 Å². The van der Waals surface area contributed by atoms with Gasteiger partial charge in [-0.2, -0.15) is 0 Å². The first kappa shape index (κ1) is 22.6. The molecule has 8 nitrogen and oxygen atoms in total. The number of benzene rings is 3. The molecule has 0 saturated heterocycles. The normalized spacial score (nSPS) is 10.8. The van der Waals surface area contributed by atoms with Crippen molar-refractivity contribution in [3.05, 3.63) is 87.4 Å². The summed E-state index contributed by atoms with van der Waals surface area (Å²) in [6, 6.07) is 19.8. The summed E-state index contributed by atoms with van der Waals surface area (Å²) >= 11 is 7.59. The van der Waals surface area contributed by atoms with Gasteiger partial charge in [0.1, 0.15) is 0 Å². The fraction of sp³-hybridized carbons (Fsp3) is 0.130. The van der Waals surface area contributed by atoms with Crippen molar-refractivity contribution >= 4 is 29.1 Å². The van der Waals surface area contributed by atoms with Gasteiger partial charge in [-0.25, -0.2) is 0 Å². The van der Waals surface area contributed by atoms with E-state index in [4.69, 9.17) is 21.1 Å². The number of hydrogen-bond donors (Lipinski definition) is 0. The quantitative estimate of drug-likeness (QED) is 0.178. The van der Waals surface area contributed by atoms with Crippen LogP contribution in [-0.2, 0) is 5.75 Å². The molecule has 0 unspecified atom stereocenters. The van der Waals surface area contributed by atoms with Gasteiger partial charge in [0.2, 0.25) is 0 Å². The number of para-hydroxylation sites is 1. The Morgan fingerprint density at radius 3 is 2.45 bits per heavy atom. The predicted octanol–water partition coefficient (Wildman–Crippen LogP) is 5.81. The molecule has 0 fully saturated rings. The van der Waals surface area contributed by atoms with E-state index in [1.165, 1.54) is 17.8 Å². The van der Waals surface area contributed by atoms with E-state index >= 15 is 0 Å². The Bertz CT molecular complexity index is 1300. The molecule has 0 spiro atoms. The Kier molecular flexibility index (Phi) is 6.81. The van der Waals surface area contributed by atoms with E-state index in [9.17, 15) is 10.1 Å². The van der Waals surface area contributed by atoms with Gasteiger partial charge in [0, 0.05) is 23.1 Å². The van der Waals surface area contributed by atoms with Gasteiger partial charge in [-0.1, -0.05) is 47.6 Å². The third-order valence-corrected chi connectivity index (χ3v) is 6.24. The molecular weight excluding hydrogens is 464 g/mol. The molecule has 0 aliphatic carbocycles. The van der Waals surface area contributed by atoms with Gasteiger partial charge >= 0.3 is 0 Å². The Hall–Kier alpha value is -3.56. The number of methoxy groups -OCH3 is 2. The van der Waals surface area contributed by atoms with Crippen molar-refractivity contribution in [3.8, 4) is 28.6 Å². The van der Waals surface area contributed by atoms with Crippen LogP contribution in [0, 0.1) is 10.1 Å². The summed E-state index contributed by atoms with van der Waals surface area (Å²) < 4.78 is 12.7. The number of rotatable bonds is 8. The zero-order valence-electron chi connectivity index (χ0n) is 17.8. The number of ether oxygens (including phenoxy) is 2. The zero-order chi connectivity index (χ0) is 23.4. The van der Waals surface area contributed by atoms with Gasteiger partial charge < -0.3 is 9.47 Å². The summed E-state index contributed by atoms with van der Waals surface area (Å²) in [5.41, 5.74) is 2.04. The van der Waals surface area contributed by atoms with E-state index < -0.39 is 4.92 Å². The number of nitrogens with zero attached hydrogens (tertiary/aromatic N) is 4. The first-order chi connectivity index (χ1) is 16.0. The molecule has 0 atom stereocenters. The lowest BCUT2D eigenvalue weighted by atomic mass is 10.2. The molecule has 0 radical (unpaired) electrons. The van der Waals surface area contributed by atoms with Crippen LogP contribution in [0.1, 0.15) is 5.56 Å². The van der Waals surface area contributed by atoms with Crippen molar-refractivity contribution in [1.82, 2.24) is 14.8 Å². The lowest BCUT2D eigenvalue weighted by molar-refractivity contribution is -0.385. The third kappa shape index (κ3) is 4.64. The molecule has 1 aromatic heterocycles. The van der Waals surface area contributed by atoms with Crippen LogP contribution in [-0.4, -0.2) is 33.9 Å². The van der Waals surface area contributed by atoms with Gasteiger partial charge in [0.25, 0.3) is 5.69 Å². The third-order valence-electron chi connectivity index (χ3n) is 4.93. The average Bonchev–Trinajstić information content (AvgIpc) is 3.27. The number of thioether (sulfide) groups is 1. The molecule has 4 rings (SSSR count). The Balaban J connectivity index is 1.77. The minimum Gasteiger partial charge on any atom is -0.493 e. The average molecular weight is 483 g/mol. The molecule has 33 heavy (non-hydrogen) atoms. The fourth-order valence-corrected chi connectivity index (χ4v) is 4.65. The Labute approximate surface area is 199 Å². The van der Waals surface area contributed by atoms with E-state index in [-0.39, 0.29) is 11.4 Å². The summed E-state index contributed by atoms with van der Waals surface area (Å²) in [7, 11) is 3.15. The number of halogens is 1. The Morgan fingerprint density at radius 2 is 1.76 bits per heavy atom. The second kappa shape index (κ2) is 9.93. The van der Waals surface area contributed by atoms with E-state index in [1.54, 1.807) is 32.4 Å². The van der Waals surface area contributed by atoms with Crippen LogP contribution in [0.4, 0.5) is 5.69 Å². The summed E-state index contributed by atoms with van der Waals surface area (Å²) in [5, 5.41) is 21.2. The van der Waals surface area contributed by atoms with Gasteiger partial charge in [-0.15, -0.1) is 10.2 Å². The van der Waals surface area contributed by atoms with E-state index in [0.29, 0.717) is 33.1 Å². The Morgan fingerprint density at radius 1 is 1.00 bits per heavy atom. The van der Waals surface area contributed by atoms with E-state index in [2.05, 4.69) is 10.2 Å². The highest BCUT2D eigenvalue weighted by Crippen LogP contribution is 2.36. The molecule has 10 heteroatoms. The van der Waals surface area contributed by atoms with E-state index in [1.807, 2.05) is 47.0 Å². The summed E-state index contributed by atoms with van der Waals surface area (Å²) in [6.45, 7) is 0. The highest BCUT2D eigenvalue weighted by atomic mass is 35.5. The second-order valence-electron chi connectivity index (χ2n) is 6.83. The van der Waals surface area contributed by atoms with Crippen LogP contribution in [0.15, 0.2) is 71.9 Å². The second-order valence-corrected chi connectivity index (χ2v) is 8.18. The predicted molar refractivity (Wildman–Crippen MR) is 128 cm³/mol. The molecule has 168 valence electrons. The van der Waals surface area contributed by atoms with Crippen LogP contribution in [0.3, 0.4) is 0 Å². The highest BCUT2D eigenvalue weighted by Gasteiger charge is 2.21. The number of hydrogen-bond acceptors (Lipinski definition) is 7. The lowest BCUT2D eigenvalue weighted by Gasteiger charge is -2.12. The van der Waals surface area contributed by atoms with Crippen LogP contribution in [0.25, 0.3) is 17.1 Å². The highest BCUT2D eigenvalue weighted by molar-refractivity contribution is 7.98. The van der Waals surface area contributed by atoms with Crippen LogP contribution >= 0.6 is 23.4 Å². The molecule has 0 amide bonds. The van der Waals surface area contributed by atoms with Crippen molar-refractivity contribution in [2.45, 2.75) is 10.9 Å². The van der Waals surface area contributed by atoms with Crippen molar-refractivity contribution in [2.24, 2.45) is 0 Å². The molecular formula is C23H19ClN4O4S. The maximum Gasteiger partial charge on any atom is 0.274 e. The minimum absolute atomic E-state index is 0.0270. The molecule has 1 heterocycles. The molecule has 4 aromatic rings. The molecule has 0 saturated carbocycles. The lowest BCUT2D eigenvalue weighted by Crippen LogP contribution is -2.01. The van der Waals surface area contributed by atoms with Gasteiger partial charge in [-0.05, 0) is 36.4 Å². The maximum absolute atomic E-state index is 11.5. The summed E-state index contributed by atoms with van der Waals surface area (Å²) in [4.78, 5) is 11.0. The van der Waals surface area contributed by atoms with Crippen molar-refractivity contribution in [1.29, 1.82) is 0 Å². The number of nitro benzene ring substituents is 1. The number of aromatic nitrogens is 3. The minimum atomic E-state index is -0.432. The van der Waals surface area contributed by atoms with Crippen LogP contribution < -0.4 is 9.47 Å². The van der Waals surface area contributed by atoms with Crippen molar-refractivity contribution < 1.29 is 14.4 Å². The largest absolute Gasteiger partial charge is 0.493 e. The summed E-state index contributed by atoms with van der Waals surface area (Å²) in [5.74, 6) is 2.02. The monoisotopic (exact) mass is 482 g/mol. The number of nitro groups is 1. The molecule has 0 aliphatic rings. The summed E-state index contributed by atoms with van der Waals surface area (Å²) in [6.07, 6.45) is 0. The molecule has 0 aliphatic heterocycles. The fourth-order valence-electron chi connectivity index (χ4n) is 3.33. The SMILES string of the molecule is COc1ccc(-c2nnc(SCc3c(Cl)cccc3[N+](=O)[O-])n2-c2ccccc2)cc1OC. The van der Waals surface area contributed by atoms with E-state index in [0.717, 1.165) is 11.3 Å². The topological polar surface area (TPSA) is 92.3 Å². The van der Waals surface area contributed by atoms with Gasteiger partial charge in [0.15, 0.2) is 22.5 Å². The van der Waals surface area contributed by atoms with Crippen LogP contribution in [0.5, 0.6) is 11.5 Å². The van der Waals surface area contributed by atoms with Crippen molar-refractivity contribution in [3.63, 3.8) is 0 Å². The smallest absolute Gasteiger partial charge is 0.274 e. The molecule has 0 bridgehead atoms. The molecule has 0 N–H and O–H groups in total. The zero-order valence-corrected chi connectivity index (χ0v) is 19.3. The van der Waals surface area contributed by atoms with Gasteiger partial charge in [0.05, 0.1) is 29.7 Å². The first-order valence-electron chi connectivity index (χ1n) is 9.81.